The summed E-state index contributed by atoms with van der Waals surface area (Å²) >= 11 is 0.760. The second-order valence-corrected chi connectivity index (χ2v) is 10.5. The molecule has 0 aliphatic rings. The van der Waals surface area contributed by atoms with E-state index in [0.717, 1.165) is 32.3 Å². The summed E-state index contributed by atoms with van der Waals surface area (Å²) in [4.78, 5) is 16.7. The molecule has 12 heteroatoms. The Kier molecular flexibility index (Phi) is 6.31. The van der Waals surface area contributed by atoms with E-state index in [1.807, 2.05) is 44.2 Å². The minimum atomic E-state index is -3.99. The van der Waals surface area contributed by atoms with Gasteiger partial charge in [0.05, 0.1) is 6.54 Å². The van der Waals surface area contributed by atoms with Crippen molar-refractivity contribution in [2.45, 2.75) is 24.7 Å². The van der Waals surface area contributed by atoms with Crippen LogP contribution in [0.1, 0.15) is 27.4 Å². The van der Waals surface area contributed by atoms with Gasteiger partial charge in [-0.3, -0.25) is 10.1 Å². The van der Waals surface area contributed by atoms with Gasteiger partial charge in [-0.1, -0.05) is 58.5 Å². The van der Waals surface area contributed by atoms with Crippen molar-refractivity contribution in [3.8, 4) is 11.4 Å². The maximum atomic E-state index is 12.9. The van der Waals surface area contributed by atoms with Gasteiger partial charge in [0.2, 0.25) is 21.2 Å². The Morgan fingerprint density at radius 1 is 1.12 bits per heavy atom. The zero-order valence-electron chi connectivity index (χ0n) is 18.0. The van der Waals surface area contributed by atoms with Crippen LogP contribution in [0.5, 0.6) is 0 Å². The first-order valence-corrected chi connectivity index (χ1v) is 12.1. The van der Waals surface area contributed by atoms with Crippen molar-refractivity contribution in [3.63, 3.8) is 0 Å². The maximum absolute atomic E-state index is 12.9. The molecule has 1 amide bonds. The van der Waals surface area contributed by atoms with Crippen molar-refractivity contribution in [1.29, 1.82) is 0 Å². The lowest BCUT2D eigenvalue weighted by atomic mass is 10.1. The average molecular weight is 485 g/mol. The Morgan fingerprint density at radius 2 is 1.91 bits per heavy atom. The molecule has 2 heterocycles. The van der Waals surface area contributed by atoms with Gasteiger partial charge in [-0.2, -0.15) is 9.29 Å². The van der Waals surface area contributed by atoms with Gasteiger partial charge in [0, 0.05) is 18.2 Å². The third-order valence-electron chi connectivity index (χ3n) is 4.75. The minimum Gasteiger partial charge on any atom is -0.338 e. The van der Waals surface area contributed by atoms with Gasteiger partial charge >= 0.3 is 0 Å². The Balaban J connectivity index is 1.46. The van der Waals surface area contributed by atoms with E-state index in [0.29, 0.717) is 11.4 Å². The molecule has 0 saturated heterocycles. The van der Waals surface area contributed by atoms with E-state index in [-0.39, 0.29) is 21.9 Å². The van der Waals surface area contributed by atoms with E-state index in [1.165, 1.54) is 7.05 Å². The summed E-state index contributed by atoms with van der Waals surface area (Å²) in [7, 11) is -2.61. The Hall–Kier alpha value is -3.48. The summed E-state index contributed by atoms with van der Waals surface area (Å²) in [6.07, 6.45) is 0. The molecule has 4 aromatic rings. The van der Waals surface area contributed by atoms with Crippen LogP contribution in [-0.4, -0.2) is 46.0 Å². The average Bonchev–Trinajstić information content (AvgIpc) is 3.44. The summed E-state index contributed by atoms with van der Waals surface area (Å²) in [5, 5.41) is 14.1. The Morgan fingerprint density at radius 3 is 2.67 bits per heavy atom. The summed E-state index contributed by atoms with van der Waals surface area (Å²) in [5.41, 5.74) is 3.14. The first kappa shape index (κ1) is 22.7. The van der Waals surface area contributed by atoms with Crippen molar-refractivity contribution < 1.29 is 17.7 Å². The number of nitrogens with zero attached hydrogens (tertiary/aromatic N) is 5. The number of aromatic nitrogens is 4. The number of aryl methyl sites for hydroxylation is 2. The molecule has 0 atom stereocenters. The zero-order chi connectivity index (χ0) is 23.6. The number of benzene rings is 2. The predicted octanol–water partition coefficient (Wildman–Crippen LogP) is 3.28. The van der Waals surface area contributed by atoms with Crippen LogP contribution in [0.15, 0.2) is 57.4 Å². The molecule has 0 spiro atoms. The van der Waals surface area contributed by atoms with E-state index < -0.39 is 15.9 Å². The molecule has 1 N–H and O–H groups in total. The summed E-state index contributed by atoms with van der Waals surface area (Å²) in [6, 6.07) is 14.6. The van der Waals surface area contributed by atoms with Gasteiger partial charge in [-0.05, 0) is 31.5 Å². The minimum absolute atomic E-state index is 0.0770. The molecule has 0 radical (unpaired) electrons. The molecule has 2 aromatic carbocycles. The molecule has 0 unspecified atom stereocenters. The van der Waals surface area contributed by atoms with Gasteiger partial charge in [0.15, 0.2) is 0 Å². The second kappa shape index (κ2) is 9.17. The van der Waals surface area contributed by atoms with Crippen LogP contribution in [0.4, 0.5) is 5.13 Å². The molecular weight excluding hydrogens is 464 g/mol. The number of amides is 1. The first-order valence-electron chi connectivity index (χ1n) is 9.80. The molecule has 2 aromatic heterocycles. The van der Waals surface area contributed by atoms with Crippen molar-refractivity contribution >= 4 is 32.4 Å². The van der Waals surface area contributed by atoms with Crippen LogP contribution in [0.2, 0.25) is 0 Å². The van der Waals surface area contributed by atoms with Crippen LogP contribution in [0.25, 0.3) is 11.4 Å². The standard InChI is InChI=1S/C21H20N6O4S2/c1-13-7-6-9-15(11-13)19(28)23-20-24-25-21(32-20)33(29,30)27(3)12-17-22-18(26-31-17)16-10-5-4-8-14(16)2/h4-11H,12H2,1-3H3,(H,23,24,28). The fourth-order valence-corrected chi connectivity index (χ4v) is 5.18. The summed E-state index contributed by atoms with van der Waals surface area (Å²) in [6.45, 7) is 3.65. The lowest BCUT2D eigenvalue weighted by Crippen LogP contribution is -2.26. The number of anilines is 1. The van der Waals surface area contributed by atoms with E-state index in [2.05, 4.69) is 25.7 Å². The maximum Gasteiger partial charge on any atom is 0.272 e. The second-order valence-electron chi connectivity index (χ2n) is 7.28. The topological polar surface area (TPSA) is 131 Å². The quantitative estimate of drug-likeness (QED) is 0.395. The predicted molar refractivity (Wildman–Crippen MR) is 122 cm³/mol. The molecule has 0 bridgehead atoms. The SMILES string of the molecule is Cc1cccc(C(=O)Nc2nnc(S(=O)(=O)N(C)Cc3nc(-c4ccccc4C)no3)s2)c1. The van der Waals surface area contributed by atoms with E-state index in [4.69, 9.17) is 4.52 Å². The van der Waals surface area contributed by atoms with Gasteiger partial charge in [0.1, 0.15) is 0 Å². The van der Waals surface area contributed by atoms with Crippen molar-refractivity contribution in [2.24, 2.45) is 0 Å². The smallest absolute Gasteiger partial charge is 0.272 e. The number of carbonyl (C=O) groups is 1. The number of hydrogen-bond donors (Lipinski definition) is 1. The first-order chi connectivity index (χ1) is 15.7. The Bertz CT molecular complexity index is 1410. The highest BCUT2D eigenvalue weighted by atomic mass is 32.2. The summed E-state index contributed by atoms with van der Waals surface area (Å²) in [5.74, 6) is 0.115. The Labute approximate surface area is 194 Å². The van der Waals surface area contributed by atoms with Gasteiger partial charge in [0.25, 0.3) is 15.9 Å². The summed E-state index contributed by atoms with van der Waals surface area (Å²) < 4.78 is 31.8. The third kappa shape index (κ3) is 4.97. The molecule has 0 saturated carbocycles. The zero-order valence-corrected chi connectivity index (χ0v) is 19.6. The van der Waals surface area contributed by atoms with Gasteiger partial charge < -0.3 is 4.52 Å². The molecular formula is C21H20N6O4S2. The van der Waals surface area contributed by atoms with Crippen LogP contribution >= 0.6 is 11.3 Å². The number of sulfonamides is 1. The van der Waals surface area contributed by atoms with Crippen molar-refractivity contribution in [3.05, 3.63) is 71.1 Å². The van der Waals surface area contributed by atoms with Crippen LogP contribution in [0, 0.1) is 13.8 Å². The molecule has 4 rings (SSSR count). The molecule has 10 nitrogen and oxygen atoms in total. The van der Waals surface area contributed by atoms with Gasteiger partial charge in [-0.15, -0.1) is 10.2 Å². The molecule has 0 aliphatic carbocycles. The molecule has 0 aliphatic heterocycles. The number of hydrogen-bond acceptors (Lipinski definition) is 9. The fourth-order valence-electron chi connectivity index (χ4n) is 2.98. The lowest BCUT2D eigenvalue weighted by molar-refractivity contribution is 0.102. The van der Waals surface area contributed by atoms with Crippen LogP contribution in [0.3, 0.4) is 0 Å². The van der Waals surface area contributed by atoms with E-state index >= 15 is 0 Å². The van der Waals surface area contributed by atoms with Gasteiger partial charge in [-0.25, -0.2) is 8.42 Å². The van der Waals surface area contributed by atoms with E-state index in [9.17, 15) is 13.2 Å². The number of nitrogens with one attached hydrogen (secondary N) is 1. The lowest BCUT2D eigenvalue weighted by Gasteiger charge is -2.11. The molecule has 0 fully saturated rings. The van der Waals surface area contributed by atoms with Crippen LogP contribution < -0.4 is 5.32 Å². The number of rotatable bonds is 7. The highest BCUT2D eigenvalue weighted by molar-refractivity contribution is 7.91. The third-order valence-corrected chi connectivity index (χ3v) is 7.74. The van der Waals surface area contributed by atoms with E-state index in [1.54, 1.807) is 18.2 Å². The normalized spacial score (nSPS) is 11.6. The van der Waals surface area contributed by atoms with Crippen molar-refractivity contribution in [2.75, 3.05) is 12.4 Å². The van der Waals surface area contributed by atoms with Crippen LogP contribution in [-0.2, 0) is 16.6 Å². The largest absolute Gasteiger partial charge is 0.338 e. The molecule has 170 valence electrons. The number of carbonyl (C=O) groups excluding carboxylic acids is 1. The highest BCUT2D eigenvalue weighted by Crippen LogP contribution is 2.25. The highest BCUT2D eigenvalue weighted by Gasteiger charge is 2.28. The molecule has 33 heavy (non-hydrogen) atoms. The van der Waals surface area contributed by atoms with Crippen molar-refractivity contribution in [1.82, 2.24) is 24.6 Å². The monoisotopic (exact) mass is 484 g/mol. The fraction of sp³-hybridized carbons (Fsp3) is 0.190.